The average molecular weight is 119 g/mol. The van der Waals surface area contributed by atoms with Crippen LogP contribution in [0.5, 0.6) is 0 Å². The van der Waals surface area contributed by atoms with E-state index in [0.29, 0.717) is 13.5 Å². The van der Waals surface area contributed by atoms with E-state index in [9.17, 15) is 0 Å². The van der Waals surface area contributed by atoms with Crippen LogP contribution < -0.4 is 0 Å². The van der Waals surface area contributed by atoms with Crippen molar-refractivity contribution in [3.05, 3.63) is 0 Å². The van der Waals surface area contributed by atoms with Crippen LogP contribution in [0.15, 0.2) is 8.73 Å². The molecule has 0 aromatic heterocycles. The van der Waals surface area contributed by atoms with Gasteiger partial charge in [0, 0.05) is 0 Å². The molecule has 0 amide bonds. The fraction of sp³-hybridized carbons (Fsp3) is 1.00. The van der Waals surface area contributed by atoms with Crippen molar-refractivity contribution in [2.24, 2.45) is 8.73 Å². The zero-order valence-corrected chi connectivity index (χ0v) is 4.94. The molecule has 0 N–H and O–H groups in total. The molecule has 1 aliphatic heterocycles. The van der Waals surface area contributed by atoms with Crippen LogP contribution in [-0.2, 0) is 15.2 Å². The molecule has 0 aromatic carbocycles. The lowest BCUT2D eigenvalue weighted by atomic mass is 11.2. The van der Waals surface area contributed by atoms with Crippen LogP contribution in [0.2, 0.25) is 0 Å². The van der Waals surface area contributed by atoms with E-state index in [2.05, 4.69) is 8.73 Å². The minimum atomic E-state index is -0.0652. The van der Waals surface area contributed by atoms with E-state index in [1.54, 1.807) is 0 Å². The molecule has 1 rings (SSSR count). The molecular weight excluding hydrogens is 112 g/mol. The fourth-order valence-electron chi connectivity index (χ4n) is 0.309. The van der Waals surface area contributed by atoms with Crippen molar-refractivity contribution in [2.45, 2.75) is 0 Å². The van der Waals surface area contributed by atoms with Crippen LogP contribution in [0.4, 0.5) is 0 Å². The first-order chi connectivity index (χ1) is 3.39. The number of rotatable bonds is 0. The van der Waals surface area contributed by atoms with E-state index < -0.39 is 0 Å². The summed E-state index contributed by atoms with van der Waals surface area (Å²) in [5, 5.41) is 0. The normalized spacial score (nSPS) is 23.0. The minimum absolute atomic E-state index is 0.0652. The summed E-state index contributed by atoms with van der Waals surface area (Å²) in [7, 11) is -0.0652. The number of hydrogen-bond donors (Lipinski definition) is 0. The van der Waals surface area contributed by atoms with Gasteiger partial charge in [0.1, 0.15) is 13.5 Å². The Labute approximate surface area is 44.5 Å². The molecule has 1 aliphatic rings. The Morgan fingerprint density at radius 1 is 1.43 bits per heavy atom. The topological polar surface area (TPSA) is 34.0 Å². The molecule has 1 heterocycles. The quantitative estimate of drug-likeness (QED) is 0.429. The van der Waals surface area contributed by atoms with Gasteiger partial charge in [-0.3, -0.25) is 0 Å². The van der Waals surface area contributed by atoms with Crippen molar-refractivity contribution in [1.29, 1.82) is 0 Å². The Balaban J connectivity index is 2.69. The lowest BCUT2D eigenvalue weighted by molar-refractivity contribution is 0.149. The first-order valence-electron chi connectivity index (χ1n) is 1.98. The number of hydrogen-bond acceptors (Lipinski definition) is 4. The Morgan fingerprint density at radius 3 is 2.29 bits per heavy atom. The van der Waals surface area contributed by atoms with Gasteiger partial charge in [-0.25, -0.2) is 0 Å². The zero-order chi connectivity index (χ0) is 5.11. The van der Waals surface area contributed by atoms with Crippen LogP contribution in [0, 0.1) is 0 Å². The summed E-state index contributed by atoms with van der Waals surface area (Å²) in [6.45, 7) is 1.06. The Hall–Kier alpha value is -0.0900. The molecule has 0 saturated heterocycles. The molecule has 0 fully saturated rings. The third-order valence-corrected chi connectivity index (χ3v) is 1.62. The van der Waals surface area contributed by atoms with Gasteiger partial charge in [-0.1, -0.05) is 0 Å². The van der Waals surface area contributed by atoms with E-state index in [-0.39, 0.29) is 10.5 Å². The molecule has 0 aromatic rings. The van der Waals surface area contributed by atoms with Gasteiger partial charge in [-0.15, -0.1) is 6.26 Å². The van der Waals surface area contributed by atoms with Gasteiger partial charge in [0.15, 0.2) is 0 Å². The highest BCUT2D eigenvalue weighted by atomic mass is 32.2. The smallest absolute Gasteiger partial charge is 0.115 e. The summed E-state index contributed by atoms with van der Waals surface area (Å²) in [5.41, 5.74) is 0. The van der Waals surface area contributed by atoms with E-state index in [1.807, 2.05) is 6.26 Å². The van der Waals surface area contributed by atoms with Gasteiger partial charge in [-0.05, 0) is 0 Å². The molecule has 42 valence electrons. The largest absolute Gasteiger partial charge is 0.395 e. The van der Waals surface area contributed by atoms with Gasteiger partial charge >= 0.3 is 0 Å². The highest BCUT2D eigenvalue weighted by Gasteiger charge is 1.75. The predicted octanol–water partition coefficient (Wildman–Crippen LogP) is 0.547. The van der Waals surface area contributed by atoms with E-state index in [1.165, 1.54) is 0 Å². The summed E-state index contributed by atoms with van der Waals surface area (Å²) >= 11 is 0. The molecular formula is C3H7N2OS-. The maximum absolute atomic E-state index is 4.81. The van der Waals surface area contributed by atoms with Gasteiger partial charge in [0.25, 0.3) is 0 Å². The van der Waals surface area contributed by atoms with Gasteiger partial charge in [-0.2, -0.15) is 0 Å². The third kappa shape index (κ3) is 1.44. The molecule has 3 nitrogen and oxygen atoms in total. The Bertz CT molecular complexity index is 124. The first kappa shape index (κ1) is 5.05. The van der Waals surface area contributed by atoms with Crippen molar-refractivity contribution < 1.29 is 4.74 Å². The average Bonchev–Trinajstić information content (AvgIpc) is 1.69. The van der Waals surface area contributed by atoms with Crippen molar-refractivity contribution in [1.82, 2.24) is 0 Å². The Kier molecular flexibility index (Phi) is 1.64. The van der Waals surface area contributed by atoms with Crippen molar-refractivity contribution in [2.75, 3.05) is 19.7 Å². The fourth-order valence-corrected chi connectivity index (χ4v) is 0.845. The second kappa shape index (κ2) is 2.28. The van der Waals surface area contributed by atoms with Gasteiger partial charge < -0.3 is 23.9 Å². The van der Waals surface area contributed by atoms with Crippen molar-refractivity contribution in [3.8, 4) is 0 Å². The molecule has 4 heteroatoms. The molecule has 0 saturated carbocycles. The second-order valence-corrected chi connectivity index (χ2v) is 2.58. The van der Waals surface area contributed by atoms with E-state index in [0.717, 1.165) is 0 Å². The third-order valence-electron chi connectivity index (χ3n) is 0.662. The van der Waals surface area contributed by atoms with Gasteiger partial charge in [0.05, 0.1) is 0 Å². The summed E-state index contributed by atoms with van der Waals surface area (Å²) in [6, 6.07) is 0. The summed E-state index contributed by atoms with van der Waals surface area (Å²) < 4.78 is 12.8. The van der Waals surface area contributed by atoms with Crippen molar-refractivity contribution >= 4 is 10.5 Å². The SMILES string of the molecule is C[S-]1=NCOCN=1. The lowest BCUT2D eigenvalue weighted by Crippen LogP contribution is -1.96. The van der Waals surface area contributed by atoms with Gasteiger partial charge in [0.2, 0.25) is 0 Å². The van der Waals surface area contributed by atoms with Crippen LogP contribution in [0.1, 0.15) is 0 Å². The zero-order valence-electron chi connectivity index (χ0n) is 4.13. The molecule has 0 unspecified atom stereocenters. The Morgan fingerprint density at radius 2 is 2.00 bits per heavy atom. The van der Waals surface area contributed by atoms with Crippen LogP contribution in [-0.4, -0.2) is 19.7 Å². The maximum Gasteiger partial charge on any atom is 0.115 e. The maximum atomic E-state index is 4.81. The summed E-state index contributed by atoms with van der Waals surface area (Å²) in [4.78, 5) is 0. The minimum Gasteiger partial charge on any atom is -0.395 e. The number of nitrogens with zero attached hydrogens (tertiary/aromatic N) is 2. The molecule has 0 radical (unpaired) electrons. The van der Waals surface area contributed by atoms with Crippen LogP contribution >= 0.6 is 0 Å². The first-order valence-corrected chi connectivity index (χ1v) is 3.53. The van der Waals surface area contributed by atoms with Crippen molar-refractivity contribution in [3.63, 3.8) is 0 Å². The highest BCUT2D eigenvalue weighted by Crippen LogP contribution is 1.87. The number of ether oxygens (including phenoxy) is 1. The predicted molar refractivity (Wildman–Crippen MR) is 29.0 cm³/mol. The monoisotopic (exact) mass is 119 g/mol. The molecule has 0 bridgehead atoms. The highest BCUT2D eigenvalue weighted by molar-refractivity contribution is 7.76. The summed E-state index contributed by atoms with van der Waals surface area (Å²) in [5.74, 6) is 0. The molecule has 0 spiro atoms. The summed E-state index contributed by atoms with van der Waals surface area (Å²) in [6.07, 6.45) is 1.97. The standard InChI is InChI=1S/C3H7N2OS/c1-7-4-2-6-3-5-7/h2-3H2,1H3/q-1. The molecule has 0 aliphatic carbocycles. The van der Waals surface area contributed by atoms with E-state index >= 15 is 0 Å². The van der Waals surface area contributed by atoms with Crippen LogP contribution in [0.25, 0.3) is 0 Å². The lowest BCUT2D eigenvalue weighted by Gasteiger charge is -2.10. The van der Waals surface area contributed by atoms with Crippen LogP contribution in [0.3, 0.4) is 0 Å². The molecule has 7 heavy (non-hydrogen) atoms. The van der Waals surface area contributed by atoms with E-state index in [4.69, 9.17) is 4.74 Å². The molecule has 0 atom stereocenters. The second-order valence-electron chi connectivity index (χ2n) is 1.17.